The van der Waals surface area contributed by atoms with Crippen molar-refractivity contribution in [3.05, 3.63) is 10.8 Å². The van der Waals surface area contributed by atoms with Gasteiger partial charge in [-0.15, -0.1) is 11.3 Å². The van der Waals surface area contributed by atoms with Gasteiger partial charge in [-0.2, -0.15) is 0 Å². The van der Waals surface area contributed by atoms with Crippen LogP contribution in [0.4, 0.5) is 5.69 Å². The molecule has 0 saturated heterocycles. The summed E-state index contributed by atoms with van der Waals surface area (Å²) >= 11 is 1.51. The van der Waals surface area contributed by atoms with Crippen LogP contribution in [0.15, 0.2) is 10.8 Å². The second kappa shape index (κ2) is 4.11. The van der Waals surface area contributed by atoms with Crippen LogP contribution in [0.25, 0.3) is 0 Å². The Bertz CT molecular complexity index is 270. The van der Waals surface area contributed by atoms with E-state index in [2.05, 4.69) is 5.32 Å². The highest BCUT2D eigenvalue weighted by Gasteiger charge is 2.04. The molecule has 1 aromatic rings. The van der Waals surface area contributed by atoms with Crippen molar-refractivity contribution < 1.29 is 9.53 Å². The summed E-state index contributed by atoms with van der Waals surface area (Å²) < 4.78 is 5.27. The van der Waals surface area contributed by atoms with E-state index in [1.807, 2.05) is 17.7 Å². The van der Waals surface area contributed by atoms with Gasteiger partial charge in [0.15, 0.2) is 5.75 Å². The van der Waals surface area contributed by atoms with Gasteiger partial charge in [-0.25, -0.2) is 0 Å². The molecule has 0 aliphatic rings. The fourth-order valence-corrected chi connectivity index (χ4v) is 1.53. The van der Waals surface area contributed by atoms with Gasteiger partial charge in [0.2, 0.25) is 5.91 Å². The molecule has 0 atom stereocenters. The van der Waals surface area contributed by atoms with E-state index in [9.17, 15) is 4.79 Å². The van der Waals surface area contributed by atoms with Gasteiger partial charge in [0.05, 0.1) is 12.3 Å². The maximum atomic E-state index is 10.7. The molecule has 1 rings (SSSR count). The minimum atomic E-state index is -0.0747. The van der Waals surface area contributed by atoms with Crippen molar-refractivity contribution in [3.8, 4) is 5.75 Å². The van der Waals surface area contributed by atoms with Crippen molar-refractivity contribution in [2.45, 2.75) is 13.8 Å². The van der Waals surface area contributed by atoms with Gasteiger partial charge in [-0.05, 0) is 6.92 Å². The molecule has 66 valence electrons. The largest absolute Gasteiger partial charge is 0.491 e. The Hall–Kier alpha value is -1.03. The SMILES string of the molecule is CCOc1cscc1NC(C)=O. The lowest BCUT2D eigenvalue weighted by Crippen LogP contribution is -2.06. The van der Waals surface area contributed by atoms with Crippen molar-refractivity contribution in [1.82, 2.24) is 0 Å². The van der Waals surface area contributed by atoms with Gasteiger partial charge >= 0.3 is 0 Å². The first-order chi connectivity index (χ1) is 5.74. The summed E-state index contributed by atoms with van der Waals surface area (Å²) in [7, 11) is 0. The normalized spacial score (nSPS) is 9.50. The standard InChI is InChI=1S/C8H11NO2S/c1-3-11-8-5-12-4-7(8)9-6(2)10/h4-5H,3H2,1-2H3,(H,9,10). The molecule has 4 heteroatoms. The van der Waals surface area contributed by atoms with Gasteiger partial charge in [0, 0.05) is 17.7 Å². The average molecular weight is 185 g/mol. The van der Waals surface area contributed by atoms with Gasteiger partial charge in [-0.1, -0.05) is 0 Å². The molecular weight excluding hydrogens is 174 g/mol. The van der Waals surface area contributed by atoms with Crippen LogP contribution < -0.4 is 10.1 Å². The number of ether oxygens (including phenoxy) is 1. The number of amides is 1. The van der Waals surface area contributed by atoms with Gasteiger partial charge in [0.25, 0.3) is 0 Å². The number of anilines is 1. The minimum absolute atomic E-state index is 0.0747. The van der Waals surface area contributed by atoms with Crippen LogP contribution in [0.5, 0.6) is 5.75 Å². The van der Waals surface area contributed by atoms with Crippen molar-refractivity contribution in [2.75, 3.05) is 11.9 Å². The lowest BCUT2D eigenvalue weighted by atomic mass is 10.4. The van der Waals surface area contributed by atoms with Crippen LogP contribution in [0, 0.1) is 0 Å². The number of nitrogens with one attached hydrogen (secondary N) is 1. The third-order valence-corrected chi connectivity index (χ3v) is 1.96. The number of carbonyl (C=O) groups is 1. The highest BCUT2D eigenvalue weighted by molar-refractivity contribution is 7.08. The van der Waals surface area contributed by atoms with E-state index in [4.69, 9.17) is 4.74 Å². The molecule has 12 heavy (non-hydrogen) atoms. The maximum Gasteiger partial charge on any atom is 0.221 e. The quantitative estimate of drug-likeness (QED) is 0.783. The molecule has 0 aromatic carbocycles. The van der Waals surface area contributed by atoms with E-state index in [0.717, 1.165) is 11.4 Å². The van der Waals surface area contributed by atoms with E-state index < -0.39 is 0 Å². The summed E-state index contributed by atoms with van der Waals surface area (Å²) in [6.45, 7) is 4.01. The summed E-state index contributed by atoms with van der Waals surface area (Å²) in [4.78, 5) is 10.7. The second-order valence-electron chi connectivity index (χ2n) is 2.26. The number of rotatable bonds is 3. The molecule has 0 bridgehead atoms. The third kappa shape index (κ3) is 2.23. The molecule has 3 nitrogen and oxygen atoms in total. The van der Waals surface area contributed by atoms with Gasteiger partial charge in [0.1, 0.15) is 0 Å². The number of hydrogen-bond acceptors (Lipinski definition) is 3. The average Bonchev–Trinajstić information content (AvgIpc) is 2.37. The molecule has 0 aliphatic heterocycles. The highest BCUT2D eigenvalue weighted by atomic mass is 32.1. The molecule has 1 aromatic heterocycles. The third-order valence-electron chi connectivity index (χ3n) is 1.24. The van der Waals surface area contributed by atoms with Crippen molar-refractivity contribution in [3.63, 3.8) is 0 Å². The lowest BCUT2D eigenvalue weighted by molar-refractivity contribution is -0.114. The van der Waals surface area contributed by atoms with Crippen molar-refractivity contribution >= 4 is 22.9 Å². The van der Waals surface area contributed by atoms with Crippen LogP contribution in [0.2, 0.25) is 0 Å². The van der Waals surface area contributed by atoms with Crippen LogP contribution in [-0.2, 0) is 4.79 Å². The Balaban J connectivity index is 2.69. The topological polar surface area (TPSA) is 38.3 Å². The smallest absolute Gasteiger partial charge is 0.221 e. The van der Waals surface area contributed by atoms with Crippen molar-refractivity contribution in [2.24, 2.45) is 0 Å². The zero-order valence-electron chi connectivity index (χ0n) is 7.09. The molecule has 1 heterocycles. The fraction of sp³-hybridized carbons (Fsp3) is 0.375. The number of carbonyl (C=O) groups excluding carboxylic acids is 1. The monoisotopic (exact) mass is 185 g/mol. The molecule has 0 saturated carbocycles. The van der Waals surface area contributed by atoms with E-state index in [-0.39, 0.29) is 5.91 Å². The second-order valence-corrected chi connectivity index (χ2v) is 3.01. The first-order valence-electron chi connectivity index (χ1n) is 3.70. The first-order valence-corrected chi connectivity index (χ1v) is 4.65. The summed E-state index contributed by atoms with van der Waals surface area (Å²) in [6.07, 6.45) is 0. The molecule has 0 unspecified atom stereocenters. The predicted molar refractivity (Wildman–Crippen MR) is 49.8 cm³/mol. The summed E-state index contributed by atoms with van der Waals surface area (Å²) in [6, 6.07) is 0. The predicted octanol–water partition coefficient (Wildman–Crippen LogP) is 2.11. The van der Waals surface area contributed by atoms with Crippen LogP contribution in [0.3, 0.4) is 0 Å². The van der Waals surface area contributed by atoms with Crippen LogP contribution >= 0.6 is 11.3 Å². The van der Waals surface area contributed by atoms with E-state index in [0.29, 0.717) is 6.61 Å². The highest BCUT2D eigenvalue weighted by Crippen LogP contribution is 2.28. The zero-order chi connectivity index (χ0) is 8.97. The lowest BCUT2D eigenvalue weighted by Gasteiger charge is -2.03. The Kier molecular flexibility index (Phi) is 3.10. The Morgan fingerprint density at radius 1 is 1.67 bits per heavy atom. The number of thiophene rings is 1. The summed E-state index contributed by atoms with van der Waals surface area (Å²) in [5.74, 6) is 0.673. The molecule has 0 spiro atoms. The fourth-order valence-electron chi connectivity index (χ4n) is 0.833. The number of hydrogen-bond donors (Lipinski definition) is 1. The van der Waals surface area contributed by atoms with Crippen molar-refractivity contribution in [1.29, 1.82) is 0 Å². The minimum Gasteiger partial charge on any atom is -0.491 e. The zero-order valence-corrected chi connectivity index (χ0v) is 7.90. The molecule has 0 radical (unpaired) electrons. The Labute approximate surface area is 75.4 Å². The summed E-state index contributed by atoms with van der Waals surface area (Å²) in [5, 5.41) is 6.41. The Morgan fingerprint density at radius 2 is 2.42 bits per heavy atom. The van der Waals surface area contributed by atoms with Crippen LogP contribution in [0.1, 0.15) is 13.8 Å². The first kappa shape index (κ1) is 9.06. The molecule has 0 fully saturated rings. The molecular formula is C8H11NO2S. The molecule has 0 aliphatic carbocycles. The van der Waals surface area contributed by atoms with Gasteiger partial charge < -0.3 is 10.1 Å². The van der Waals surface area contributed by atoms with Gasteiger partial charge in [-0.3, -0.25) is 4.79 Å². The van der Waals surface area contributed by atoms with E-state index in [1.165, 1.54) is 18.3 Å². The van der Waals surface area contributed by atoms with Crippen LogP contribution in [-0.4, -0.2) is 12.5 Å². The Morgan fingerprint density at radius 3 is 3.00 bits per heavy atom. The maximum absolute atomic E-state index is 10.7. The summed E-state index contributed by atoms with van der Waals surface area (Å²) in [5.41, 5.74) is 0.759. The molecule has 1 N–H and O–H groups in total. The molecule has 1 amide bonds. The van der Waals surface area contributed by atoms with E-state index >= 15 is 0 Å². The van der Waals surface area contributed by atoms with E-state index in [1.54, 1.807) is 0 Å².